The van der Waals surface area contributed by atoms with E-state index < -0.39 is 0 Å². The average Bonchev–Trinajstić information content (AvgIpc) is 4.12. The summed E-state index contributed by atoms with van der Waals surface area (Å²) in [5.74, 6) is 0. The van der Waals surface area contributed by atoms with E-state index in [1.165, 1.54) is 36.7 Å². The molecule has 71 heavy (non-hydrogen) atoms. The van der Waals surface area contributed by atoms with Gasteiger partial charge in [-0.15, -0.1) is 11.3 Å². The van der Waals surface area contributed by atoms with E-state index in [1.807, 2.05) is 11.3 Å². The van der Waals surface area contributed by atoms with Crippen molar-refractivity contribution in [3.05, 3.63) is 261 Å². The van der Waals surface area contributed by atoms with Crippen molar-refractivity contribution in [2.45, 2.75) is 0 Å². The first kappa shape index (κ1) is 40.9. The zero-order valence-electron chi connectivity index (χ0n) is 38.5. The first-order chi connectivity index (χ1) is 35.2. The minimum absolute atomic E-state index is 0.845. The van der Waals surface area contributed by atoms with Gasteiger partial charge in [-0.25, -0.2) is 0 Å². The number of thiophene rings is 1. The summed E-state index contributed by atoms with van der Waals surface area (Å²) in [6.45, 7) is 0. The predicted octanol–water partition coefficient (Wildman–Crippen LogP) is 19.3. The Labute approximate surface area is 414 Å². The predicted molar refractivity (Wildman–Crippen MR) is 301 cm³/mol. The molecule has 0 saturated carbocycles. The van der Waals surface area contributed by atoms with Crippen LogP contribution in [0.15, 0.2) is 265 Å². The van der Waals surface area contributed by atoms with Crippen LogP contribution in [0.1, 0.15) is 0 Å². The third kappa shape index (κ3) is 6.81. The molecule has 11 aromatic carbocycles. The fourth-order valence-electron chi connectivity index (χ4n) is 10.8. The maximum absolute atomic E-state index is 7.19. The van der Waals surface area contributed by atoms with E-state index in [4.69, 9.17) is 4.42 Å². The Bertz CT molecular complexity index is 4270. The van der Waals surface area contributed by atoms with E-state index in [9.17, 15) is 0 Å². The number of fused-ring (bicyclic) bond motifs is 10. The molecule has 14 aromatic rings. The molecule has 0 unspecified atom stereocenters. The molecule has 5 heteroatoms. The highest BCUT2D eigenvalue weighted by Crippen LogP contribution is 2.51. The van der Waals surface area contributed by atoms with Crippen LogP contribution in [0.4, 0.5) is 34.1 Å². The number of hydrogen-bond acceptors (Lipinski definition) is 4. The number of anilines is 6. The van der Waals surface area contributed by atoms with Crippen LogP contribution in [-0.4, -0.2) is 4.57 Å². The topological polar surface area (TPSA) is 24.6 Å². The van der Waals surface area contributed by atoms with E-state index in [-0.39, 0.29) is 0 Å². The number of para-hydroxylation sites is 5. The Morgan fingerprint density at radius 3 is 1.66 bits per heavy atom. The number of aromatic nitrogens is 1. The number of hydrogen-bond donors (Lipinski definition) is 0. The standard InChI is InChI=1S/C66H43N3OS/c1-5-19-44(20-6-1)45-33-35-49(36-34-45)67(46-21-7-2-8-22-46)50-37-39-53(60(41-50)68(47-23-9-3-10-24-47)51-38-40-55-54-28-15-18-32-62(54)71-63(55)42-51)58-43-57-52-27-13-16-30-59(52)69(48-25-11-4-12-26-48)65(57)64-56-29-14-17-31-61(56)70-66(58)64/h1-43H. The molecule has 0 saturated heterocycles. The summed E-state index contributed by atoms with van der Waals surface area (Å²) in [6, 6.07) is 94.1. The van der Waals surface area contributed by atoms with Gasteiger partial charge >= 0.3 is 0 Å². The van der Waals surface area contributed by atoms with Gasteiger partial charge in [0.15, 0.2) is 0 Å². The molecule has 0 aliphatic carbocycles. The number of rotatable bonds is 9. The summed E-state index contributed by atoms with van der Waals surface area (Å²) in [5.41, 5.74) is 15.8. The Kier molecular flexibility index (Phi) is 9.68. The molecule has 0 N–H and O–H groups in total. The number of furan rings is 1. The van der Waals surface area contributed by atoms with Crippen molar-refractivity contribution in [3.63, 3.8) is 0 Å². The van der Waals surface area contributed by atoms with Gasteiger partial charge in [0.05, 0.1) is 22.1 Å². The minimum Gasteiger partial charge on any atom is -0.455 e. The summed E-state index contributed by atoms with van der Waals surface area (Å²) < 4.78 is 12.1. The monoisotopic (exact) mass is 925 g/mol. The number of benzene rings is 11. The quantitative estimate of drug-likeness (QED) is 0.144. The maximum Gasteiger partial charge on any atom is 0.145 e. The average molecular weight is 926 g/mol. The van der Waals surface area contributed by atoms with E-state index in [0.29, 0.717) is 0 Å². The van der Waals surface area contributed by atoms with E-state index >= 15 is 0 Å². The van der Waals surface area contributed by atoms with Crippen molar-refractivity contribution in [1.29, 1.82) is 0 Å². The second-order valence-corrected chi connectivity index (χ2v) is 19.1. The van der Waals surface area contributed by atoms with Crippen LogP contribution in [0.3, 0.4) is 0 Å². The molecule has 3 aromatic heterocycles. The molecule has 0 amide bonds. The van der Waals surface area contributed by atoms with Crippen molar-refractivity contribution in [2.24, 2.45) is 0 Å². The highest BCUT2D eigenvalue weighted by Gasteiger charge is 2.27. The van der Waals surface area contributed by atoms with Gasteiger partial charge < -0.3 is 18.8 Å². The van der Waals surface area contributed by atoms with Gasteiger partial charge in [-0.3, -0.25) is 0 Å². The summed E-state index contributed by atoms with van der Waals surface area (Å²) in [4.78, 5) is 4.81. The molecule has 334 valence electrons. The first-order valence-electron chi connectivity index (χ1n) is 24.1. The molecule has 0 spiro atoms. The van der Waals surface area contributed by atoms with Gasteiger partial charge in [0.1, 0.15) is 11.2 Å². The SMILES string of the molecule is c1ccc(-c2ccc(N(c3ccccc3)c3ccc(-c4cc5c6ccccc6n(-c6ccccc6)c5c5c4oc4ccccc45)c(N(c4ccccc4)c4ccc5c(c4)sc4ccccc45)c3)cc2)cc1. The zero-order chi connectivity index (χ0) is 46.8. The van der Waals surface area contributed by atoms with E-state index in [1.54, 1.807) is 0 Å². The summed E-state index contributed by atoms with van der Waals surface area (Å²) in [5, 5.41) is 7.05. The lowest BCUT2D eigenvalue weighted by Gasteiger charge is -2.31. The normalized spacial score (nSPS) is 11.7. The molecule has 0 radical (unpaired) electrons. The molecule has 4 nitrogen and oxygen atoms in total. The van der Waals surface area contributed by atoms with Gasteiger partial charge in [0, 0.05) is 81.6 Å². The molecule has 0 atom stereocenters. The Hall–Kier alpha value is -9.16. The molecular weight excluding hydrogens is 883 g/mol. The Balaban J connectivity index is 1.08. The van der Waals surface area contributed by atoms with Crippen LogP contribution in [0, 0.1) is 0 Å². The fourth-order valence-corrected chi connectivity index (χ4v) is 11.9. The number of nitrogens with zero attached hydrogens (tertiary/aromatic N) is 3. The van der Waals surface area contributed by atoms with Gasteiger partial charge in [-0.05, 0) is 108 Å². The van der Waals surface area contributed by atoms with E-state index in [0.717, 1.165) is 89.3 Å². The highest BCUT2D eigenvalue weighted by atomic mass is 32.1. The first-order valence-corrected chi connectivity index (χ1v) is 24.9. The molecular formula is C66H43N3OS. The van der Waals surface area contributed by atoms with Crippen LogP contribution < -0.4 is 9.80 Å². The second-order valence-electron chi connectivity index (χ2n) is 18.0. The molecule has 0 bridgehead atoms. The van der Waals surface area contributed by atoms with Crippen molar-refractivity contribution < 1.29 is 4.42 Å². The molecule has 0 fully saturated rings. The lowest BCUT2D eigenvalue weighted by molar-refractivity contribution is 0.670. The van der Waals surface area contributed by atoms with Crippen LogP contribution in [0.5, 0.6) is 0 Å². The largest absolute Gasteiger partial charge is 0.455 e. The van der Waals surface area contributed by atoms with Gasteiger partial charge in [0.25, 0.3) is 0 Å². The lowest BCUT2D eigenvalue weighted by atomic mass is 9.95. The maximum atomic E-state index is 7.19. The van der Waals surface area contributed by atoms with Crippen LogP contribution in [0.25, 0.3) is 91.9 Å². The van der Waals surface area contributed by atoms with Crippen molar-refractivity contribution >= 4 is 109 Å². The highest BCUT2D eigenvalue weighted by molar-refractivity contribution is 7.25. The van der Waals surface area contributed by atoms with Gasteiger partial charge in [-0.1, -0.05) is 164 Å². The van der Waals surface area contributed by atoms with E-state index in [2.05, 4.69) is 275 Å². The smallest absolute Gasteiger partial charge is 0.145 e. The third-order valence-corrected chi connectivity index (χ3v) is 15.1. The fraction of sp³-hybridized carbons (Fsp3) is 0. The minimum atomic E-state index is 0.845. The molecule has 3 heterocycles. The van der Waals surface area contributed by atoms with Crippen molar-refractivity contribution in [1.82, 2.24) is 4.57 Å². The molecule has 0 aliphatic rings. The molecule has 0 aliphatic heterocycles. The second kappa shape index (κ2) is 16.8. The summed E-state index contributed by atoms with van der Waals surface area (Å²) in [7, 11) is 0. The van der Waals surface area contributed by atoms with Gasteiger partial charge in [-0.2, -0.15) is 0 Å². The third-order valence-electron chi connectivity index (χ3n) is 13.9. The van der Waals surface area contributed by atoms with Crippen LogP contribution in [0.2, 0.25) is 0 Å². The zero-order valence-corrected chi connectivity index (χ0v) is 39.3. The Morgan fingerprint density at radius 1 is 0.352 bits per heavy atom. The van der Waals surface area contributed by atoms with Crippen LogP contribution >= 0.6 is 11.3 Å². The van der Waals surface area contributed by atoms with Gasteiger partial charge in [0.2, 0.25) is 0 Å². The summed E-state index contributed by atoms with van der Waals surface area (Å²) in [6.07, 6.45) is 0. The van der Waals surface area contributed by atoms with Crippen molar-refractivity contribution in [2.75, 3.05) is 9.80 Å². The van der Waals surface area contributed by atoms with Crippen LogP contribution in [-0.2, 0) is 0 Å². The molecule has 14 rings (SSSR count). The lowest BCUT2D eigenvalue weighted by Crippen LogP contribution is -2.14. The van der Waals surface area contributed by atoms with Crippen molar-refractivity contribution in [3.8, 4) is 27.9 Å². The Morgan fingerprint density at radius 2 is 0.901 bits per heavy atom. The summed E-state index contributed by atoms with van der Waals surface area (Å²) >= 11 is 1.84.